The van der Waals surface area contributed by atoms with Crippen molar-refractivity contribution < 1.29 is 4.79 Å². The fourth-order valence-corrected chi connectivity index (χ4v) is 3.20. The molecule has 1 aliphatic rings. The van der Waals surface area contributed by atoms with Gasteiger partial charge in [-0.2, -0.15) is 0 Å². The zero-order valence-electron chi connectivity index (χ0n) is 13.7. The first kappa shape index (κ1) is 15.9. The van der Waals surface area contributed by atoms with E-state index in [-0.39, 0.29) is 5.91 Å². The van der Waals surface area contributed by atoms with E-state index in [0.29, 0.717) is 11.1 Å². The van der Waals surface area contributed by atoms with Crippen molar-refractivity contribution in [1.29, 1.82) is 0 Å². The number of halogens is 1. The second-order valence-corrected chi connectivity index (χ2v) is 6.65. The van der Waals surface area contributed by atoms with Gasteiger partial charge in [0.2, 0.25) is 5.91 Å². The predicted octanol–water partition coefficient (Wildman–Crippen LogP) is 5.05. The molecule has 0 bridgehead atoms. The molecule has 3 nitrogen and oxygen atoms in total. The molecule has 0 unspecified atom stereocenters. The summed E-state index contributed by atoms with van der Waals surface area (Å²) >= 11 is 5.93. The SMILES string of the molecule is Cc1cc(Cl)ccc1NC(=O)/C=C/c1cc(C)n(C2CC2)c1C. The lowest BCUT2D eigenvalue weighted by Gasteiger charge is -2.07. The fraction of sp³-hybridized carbons (Fsp3) is 0.316. The Morgan fingerprint density at radius 2 is 2.00 bits per heavy atom. The van der Waals surface area contributed by atoms with Gasteiger partial charge in [-0.3, -0.25) is 4.79 Å². The number of carbonyl (C=O) groups is 1. The van der Waals surface area contributed by atoms with Crippen molar-refractivity contribution in [3.8, 4) is 0 Å². The lowest BCUT2D eigenvalue weighted by molar-refractivity contribution is -0.111. The number of hydrogen-bond acceptors (Lipinski definition) is 1. The zero-order valence-corrected chi connectivity index (χ0v) is 14.4. The third-order valence-corrected chi connectivity index (χ3v) is 4.53. The van der Waals surface area contributed by atoms with Crippen molar-refractivity contribution in [3.63, 3.8) is 0 Å². The van der Waals surface area contributed by atoms with Crippen LogP contribution in [0, 0.1) is 20.8 Å². The highest BCUT2D eigenvalue weighted by Gasteiger charge is 2.26. The number of nitrogens with zero attached hydrogens (tertiary/aromatic N) is 1. The highest BCUT2D eigenvalue weighted by atomic mass is 35.5. The van der Waals surface area contributed by atoms with Crippen molar-refractivity contribution >= 4 is 29.3 Å². The van der Waals surface area contributed by atoms with Crippen molar-refractivity contribution in [1.82, 2.24) is 4.57 Å². The topological polar surface area (TPSA) is 34.0 Å². The molecule has 4 heteroatoms. The summed E-state index contributed by atoms with van der Waals surface area (Å²) in [4.78, 5) is 12.1. The average Bonchev–Trinajstić information content (AvgIpc) is 3.27. The van der Waals surface area contributed by atoms with Gasteiger partial charge in [0.1, 0.15) is 0 Å². The molecule has 120 valence electrons. The van der Waals surface area contributed by atoms with Crippen LogP contribution in [0.15, 0.2) is 30.3 Å². The van der Waals surface area contributed by atoms with E-state index in [2.05, 4.69) is 29.8 Å². The normalized spacial score (nSPS) is 14.4. The van der Waals surface area contributed by atoms with E-state index < -0.39 is 0 Å². The quantitative estimate of drug-likeness (QED) is 0.782. The fourth-order valence-electron chi connectivity index (χ4n) is 2.97. The zero-order chi connectivity index (χ0) is 16.6. The summed E-state index contributed by atoms with van der Waals surface area (Å²) in [7, 11) is 0. The summed E-state index contributed by atoms with van der Waals surface area (Å²) in [5, 5.41) is 3.56. The van der Waals surface area contributed by atoms with Crippen LogP contribution in [-0.2, 0) is 4.79 Å². The lowest BCUT2D eigenvalue weighted by atomic mass is 10.2. The second kappa shape index (κ2) is 6.25. The van der Waals surface area contributed by atoms with Crippen LogP contribution in [0.2, 0.25) is 5.02 Å². The van der Waals surface area contributed by atoms with E-state index in [1.807, 2.05) is 25.1 Å². The number of aromatic nitrogens is 1. The molecule has 1 amide bonds. The third-order valence-electron chi connectivity index (χ3n) is 4.30. The van der Waals surface area contributed by atoms with Crippen molar-refractivity contribution in [2.24, 2.45) is 0 Å². The Labute approximate surface area is 142 Å². The van der Waals surface area contributed by atoms with Crippen LogP contribution in [-0.4, -0.2) is 10.5 Å². The first-order chi connectivity index (χ1) is 11.0. The maximum atomic E-state index is 12.1. The number of amides is 1. The summed E-state index contributed by atoms with van der Waals surface area (Å²) in [6.07, 6.45) is 6.00. The Bertz CT molecular complexity index is 785. The number of benzene rings is 1. The molecule has 23 heavy (non-hydrogen) atoms. The Kier molecular flexibility index (Phi) is 4.31. The lowest BCUT2D eigenvalue weighted by Crippen LogP contribution is -2.08. The van der Waals surface area contributed by atoms with Crippen molar-refractivity contribution in [3.05, 3.63) is 57.9 Å². The number of rotatable bonds is 4. The van der Waals surface area contributed by atoms with Crippen LogP contribution in [0.3, 0.4) is 0 Å². The van der Waals surface area contributed by atoms with Crippen LogP contribution in [0.1, 0.15) is 41.4 Å². The number of aryl methyl sites for hydroxylation is 2. The molecular formula is C19H21ClN2O. The maximum Gasteiger partial charge on any atom is 0.248 e. The summed E-state index contributed by atoms with van der Waals surface area (Å²) < 4.78 is 2.38. The Balaban J connectivity index is 1.72. The molecule has 0 atom stereocenters. The second-order valence-electron chi connectivity index (χ2n) is 6.21. The van der Waals surface area contributed by atoms with Crippen molar-refractivity contribution in [2.75, 3.05) is 5.32 Å². The Hall–Kier alpha value is -2.00. The van der Waals surface area contributed by atoms with Gasteiger partial charge in [-0.15, -0.1) is 0 Å². The molecular weight excluding hydrogens is 308 g/mol. The van der Waals surface area contributed by atoms with Gasteiger partial charge in [-0.1, -0.05) is 11.6 Å². The molecule has 0 radical (unpaired) electrons. The van der Waals surface area contributed by atoms with E-state index in [9.17, 15) is 4.79 Å². The van der Waals surface area contributed by atoms with Gasteiger partial charge in [-0.05, 0) is 75.1 Å². The molecule has 1 fully saturated rings. The van der Waals surface area contributed by atoms with E-state index in [1.54, 1.807) is 12.1 Å². The van der Waals surface area contributed by atoms with Gasteiger partial charge in [0.05, 0.1) is 0 Å². The molecule has 1 aromatic carbocycles. The van der Waals surface area contributed by atoms with Gasteiger partial charge in [0.25, 0.3) is 0 Å². The van der Waals surface area contributed by atoms with Crippen molar-refractivity contribution in [2.45, 2.75) is 39.7 Å². The minimum Gasteiger partial charge on any atom is -0.346 e. The molecule has 1 aromatic heterocycles. The smallest absolute Gasteiger partial charge is 0.248 e. The molecule has 3 rings (SSSR count). The standard InChI is InChI=1S/C19H21ClN2O/c1-12-10-16(20)5-8-18(12)21-19(23)9-4-15-11-13(2)22(14(15)3)17-6-7-17/h4-5,8-11,17H,6-7H2,1-3H3,(H,21,23)/b9-4+. The van der Waals surface area contributed by atoms with E-state index in [1.165, 1.54) is 24.2 Å². The highest BCUT2D eigenvalue weighted by molar-refractivity contribution is 6.30. The number of nitrogens with one attached hydrogen (secondary N) is 1. The predicted molar refractivity (Wildman–Crippen MR) is 96.0 cm³/mol. The van der Waals surface area contributed by atoms with Gasteiger partial charge < -0.3 is 9.88 Å². The third kappa shape index (κ3) is 3.50. The van der Waals surface area contributed by atoms with Crippen LogP contribution in [0.4, 0.5) is 5.69 Å². The van der Waals surface area contributed by atoms with E-state index >= 15 is 0 Å². The largest absolute Gasteiger partial charge is 0.346 e. The molecule has 0 saturated heterocycles. The van der Waals surface area contributed by atoms with E-state index in [0.717, 1.165) is 16.8 Å². The molecule has 1 N–H and O–H groups in total. The van der Waals surface area contributed by atoms with Crippen LogP contribution in [0.25, 0.3) is 6.08 Å². The van der Waals surface area contributed by atoms with Gasteiger partial charge >= 0.3 is 0 Å². The Morgan fingerprint density at radius 1 is 1.26 bits per heavy atom. The molecule has 1 saturated carbocycles. The number of hydrogen-bond donors (Lipinski definition) is 1. The first-order valence-electron chi connectivity index (χ1n) is 7.89. The number of carbonyl (C=O) groups excluding carboxylic acids is 1. The Morgan fingerprint density at radius 3 is 2.65 bits per heavy atom. The highest BCUT2D eigenvalue weighted by Crippen LogP contribution is 2.38. The van der Waals surface area contributed by atoms with Gasteiger partial charge in [0, 0.05) is 34.2 Å². The molecule has 1 aliphatic carbocycles. The maximum absolute atomic E-state index is 12.1. The molecule has 2 aromatic rings. The molecule has 1 heterocycles. The average molecular weight is 329 g/mol. The molecule has 0 aliphatic heterocycles. The molecule has 0 spiro atoms. The first-order valence-corrected chi connectivity index (χ1v) is 8.27. The van der Waals surface area contributed by atoms with Gasteiger partial charge in [0.15, 0.2) is 0 Å². The monoisotopic (exact) mass is 328 g/mol. The summed E-state index contributed by atoms with van der Waals surface area (Å²) in [5.41, 5.74) is 5.34. The van der Waals surface area contributed by atoms with Gasteiger partial charge in [-0.25, -0.2) is 0 Å². The summed E-state index contributed by atoms with van der Waals surface area (Å²) in [6, 6.07) is 8.23. The minimum atomic E-state index is -0.133. The van der Waals surface area contributed by atoms with Crippen LogP contribution in [0.5, 0.6) is 0 Å². The number of anilines is 1. The van der Waals surface area contributed by atoms with E-state index in [4.69, 9.17) is 11.6 Å². The summed E-state index contributed by atoms with van der Waals surface area (Å²) in [5.74, 6) is -0.133. The summed E-state index contributed by atoms with van der Waals surface area (Å²) in [6.45, 7) is 6.17. The van der Waals surface area contributed by atoms with Crippen LogP contribution >= 0.6 is 11.6 Å². The van der Waals surface area contributed by atoms with Crippen LogP contribution < -0.4 is 5.32 Å². The minimum absolute atomic E-state index is 0.133.